The summed E-state index contributed by atoms with van der Waals surface area (Å²) in [5, 5.41) is 2.80. The highest BCUT2D eigenvalue weighted by atomic mass is 35.5. The van der Waals surface area contributed by atoms with Crippen LogP contribution in [0.15, 0.2) is 18.5 Å². The van der Waals surface area contributed by atoms with Crippen molar-refractivity contribution in [2.45, 2.75) is 33.2 Å². The van der Waals surface area contributed by atoms with Gasteiger partial charge in [-0.25, -0.2) is 0 Å². The Morgan fingerprint density at radius 1 is 1.50 bits per heavy atom. The molecule has 18 heavy (non-hydrogen) atoms. The first kappa shape index (κ1) is 19.5. The predicted octanol–water partition coefficient (Wildman–Crippen LogP) is 2.55. The van der Waals surface area contributed by atoms with Crippen molar-refractivity contribution < 1.29 is 4.79 Å². The summed E-state index contributed by atoms with van der Waals surface area (Å²) in [6.07, 6.45) is 4.22. The van der Waals surface area contributed by atoms with E-state index in [9.17, 15) is 4.79 Å². The summed E-state index contributed by atoms with van der Waals surface area (Å²) < 4.78 is 0. The topological polar surface area (TPSA) is 68.0 Å². The maximum absolute atomic E-state index is 11.8. The Morgan fingerprint density at radius 3 is 2.61 bits per heavy atom. The van der Waals surface area contributed by atoms with Crippen molar-refractivity contribution in [3.63, 3.8) is 0 Å². The Balaban J connectivity index is 0. The third-order valence-corrected chi connectivity index (χ3v) is 2.86. The summed E-state index contributed by atoms with van der Waals surface area (Å²) in [6.45, 7) is 5.92. The van der Waals surface area contributed by atoms with Crippen molar-refractivity contribution in [1.82, 2.24) is 4.98 Å². The molecule has 0 aromatic carbocycles. The third kappa shape index (κ3) is 5.21. The monoisotopic (exact) mass is 293 g/mol. The number of nitrogens with two attached hydrogens (primary N) is 1. The summed E-state index contributed by atoms with van der Waals surface area (Å²) in [5.41, 5.74) is 7.55. The molecule has 0 aliphatic carbocycles. The highest BCUT2D eigenvalue weighted by Gasteiger charge is 2.19. The largest absolute Gasteiger partial charge is 0.323 e. The standard InChI is InChI=1S/C12H19N3O.2ClH/c1-4-8(2)11(13)12(16)15-10-7-14-6-5-9(10)3;;/h5-8,11H,4,13H2,1-3H3,(H,15,16);2*1H. The number of rotatable bonds is 4. The van der Waals surface area contributed by atoms with E-state index in [-0.39, 0.29) is 36.6 Å². The van der Waals surface area contributed by atoms with Crippen LogP contribution in [0.1, 0.15) is 25.8 Å². The number of hydrogen-bond acceptors (Lipinski definition) is 3. The Kier molecular flexibility index (Phi) is 9.90. The maximum Gasteiger partial charge on any atom is 0.241 e. The van der Waals surface area contributed by atoms with E-state index in [4.69, 9.17) is 5.73 Å². The fourth-order valence-corrected chi connectivity index (χ4v) is 1.32. The van der Waals surface area contributed by atoms with Gasteiger partial charge in [-0.1, -0.05) is 20.3 Å². The lowest BCUT2D eigenvalue weighted by atomic mass is 9.99. The molecule has 1 aromatic heterocycles. The molecule has 0 bridgehead atoms. The Labute approximate surface area is 121 Å². The van der Waals surface area contributed by atoms with Gasteiger partial charge >= 0.3 is 0 Å². The molecule has 1 amide bonds. The number of carbonyl (C=O) groups is 1. The van der Waals surface area contributed by atoms with Crippen LogP contribution in [-0.2, 0) is 4.79 Å². The molecule has 1 rings (SSSR count). The van der Waals surface area contributed by atoms with Crippen LogP contribution in [0.4, 0.5) is 5.69 Å². The van der Waals surface area contributed by atoms with Crippen LogP contribution >= 0.6 is 24.8 Å². The van der Waals surface area contributed by atoms with Gasteiger partial charge in [0.05, 0.1) is 17.9 Å². The SMILES string of the molecule is CCC(C)C(N)C(=O)Nc1cnccc1C.Cl.Cl. The molecule has 0 aliphatic rings. The normalized spacial score (nSPS) is 12.7. The molecule has 2 unspecified atom stereocenters. The number of pyridine rings is 1. The van der Waals surface area contributed by atoms with Crippen LogP contribution in [0.3, 0.4) is 0 Å². The molecule has 3 N–H and O–H groups in total. The predicted molar refractivity (Wildman–Crippen MR) is 79.5 cm³/mol. The number of aromatic nitrogens is 1. The molecule has 4 nitrogen and oxygen atoms in total. The third-order valence-electron chi connectivity index (χ3n) is 2.86. The minimum Gasteiger partial charge on any atom is -0.323 e. The van der Waals surface area contributed by atoms with E-state index < -0.39 is 6.04 Å². The van der Waals surface area contributed by atoms with Crippen molar-refractivity contribution >= 4 is 36.4 Å². The zero-order valence-corrected chi connectivity index (χ0v) is 12.5. The highest BCUT2D eigenvalue weighted by molar-refractivity contribution is 5.95. The Bertz CT molecular complexity index is 374. The summed E-state index contributed by atoms with van der Waals surface area (Å²) >= 11 is 0. The van der Waals surface area contributed by atoms with Crippen molar-refractivity contribution in [3.05, 3.63) is 24.0 Å². The van der Waals surface area contributed by atoms with Gasteiger partial charge in [0.2, 0.25) is 5.91 Å². The second-order valence-electron chi connectivity index (χ2n) is 4.09. The van der Waals surface area contributed by atoms with Gasteiger partial charge in [-0.3, -0.25) is 9.78 Å². The van der Waals surface area contributed by atoms with Crippen molar-refractivity contribution in [2.75, 3.05) is 5.32 Å². The van der Waals surface area contributed by atoms with Crippen molar-refractivity contribution in [1.29, 1.82) is 0 Å². The van der Waals surface area contributed by atoms with Crippen LogP contribution in [0.5, 0.6) is 0 Å². The maximum atomic E-state index is 11.8. The number of aryl methyl sites for hydroxylation is 1. The Morgan fingerprint density at radius 2 is 2.11 bits per heavy atom. The molecule has 1 aromatic rings. The fraction of sp³-hybridized carbons (Fsp3) is 0.500. The minimum absolute atomic E-state index is 0. The van der Waals surface area contributed by atoms with E-state index >= 15 is 0 Å². The second-order valence-corrected chi connectivity index (χ2v) is 4.09. The zero-order chi connectivity index (χ0) is 12.1. The van der Waals surface area contributed by atoms with Gasteiger partial charge in [0.1, 0.15) is 0 Å². The number of carbonyl (C=O) groups excluding carboxylic acids is 1. The van der Waals surface area contributed by atoms with E-state index in [2.05, 4.69) is 10.3 Å². The molecular formula is C12H21Cl2N3O. The van der Waals surface area contributed by atoms with Crippen LogP contribution in [0.2, 0.25) is 0 Å². The fourth-order valence-electron chi connectivity index (χ4n) is 1.32. The van der Waals surface area contributed by atoms with Crippen LogP contribution < -0.4 is 11.1 Å². The lowest BCUT2D eigenvalue weighted by Crippen LogP contribution is -2.40. The molecule has 0 saturated carbocycles. The Hall–Kier alpha value is -0.840. The summed E-state index contributed by atoms with van der Waals surface area (Å²) in [7, 11) is 0. The summed E-state index contributed by atoms with van der Waals surface area (Å²) in [5.74, 6) is 0.0300. The van der Waals surface area contributed by atoms with E-state index in [1.165, 1.54) is 0 Å². The van der Waals surface area contributed by atoms with Gasteiger partial charge in [-0.2, -0.15) is 0 Å². The smallest absolute Gasteiger partial charge is 0.241 e. The zero-order valence-electron chi connectivity index (χ0n) is 10.8. The molecule has 0 saturated heterocycles. The quantitative estimate of drug-likeness (QED) is 0.896. The van der Waals surface area contributed by atoms with Gasteiger partial charge in [0, 0.05) is 6.20 Å². The van der Waals surface area contributed by atoms with E-state index in [0.29, 0.717) is 0 Å². The van der Waals surface area contributed by atoms with Crippen molar-refractivity contribution in [2.24, 2.45) is 11.7 Å². The highest BCUT2D eigenvalue weighted by Crippen LogP contribution is 2.13. The van der Waals surface area contributed by atoms with Gasteiger partial charge in [0.25, 0.3) is 0 Å². The van der Waals surface area contributed by atoms with Gasteiger partial charge in [0.15, 0.2) is 0 Å². The number of halogens is 2. The minimum atomic E-state index is -0.468. The van der Waals surface area contributed by atoms with Crippen LogP contribution in [0.25, 0.3) is 0 Å². The number of amides is 1. The molecule has 0 spiro atoms. The average Bonchev–Trinajstić information content (AvgIpc) is 2.30. The molecular weight excluding hydrogens is 273 g/mol. The van der Waals surface area contributed by atoms with Gasteiger partial charge in [-0.15, -0.1) is 24.8 Å². The van der Waals surface area contributed by atoms with E-state index in [1.54, 1.807) is 12.4 Å². The number of hydrogen-bond donors (Lipinski definition) is 2. The van der Waals surface area contributed by atoms with Crippen LogP contribution in [-0.4, -0.2) is 16.9 Å². The molecule has 0 radical (unpaired) electrons. The van der Waals surface area contributed by atoms with E-state index in [1.807, 2.05) is 26.8 Å². The summed E-state index contributed by atoms with van der Waals surface area (Å²) in [4.78, 5) is 15.8. The first-order chi connectivity index (χ1) is 7.56. The lowest BCUT2D eigenvalue weighted by Gasteiger charge is -2.18. The van der Waals surface area contributed by atoms with E-state index in [0.717, 1.165) is 17.7 Å². The molecule has 104 valence electrons. The van der Waals surface area contributed by atoms with Crippen molar-refractivity contribution in [3.8, 4) is 0 Å². The molecule has 0 fully saturated rings. The lowest BCUT2D eigenvalue weighted by molar-refractivity contribution is -0.118. The first-order valence-corrected chi connectivity index (χ1v) is 5.53. The number of nitrogens with zero attached hydrogens (tertiary/aromatic N) is 1. The average molecular weight is 294 g/mol. The van der Waals surface area contributed by atoms with Gasteiger partial charge < -0.3 is 11.1 Å². The summed E-state index contributed by atoms with van der Waals surface area (Å²) in [6, 6.07) is 1.38. The molecule has 1 heterocycles. The molecule has 0 aliphatic heterocycles. The molecule has 2 atom stereocenters. The second kappa shape index (κ2) is 9.14. The van der Waals surface area contributed by atoms with Crippen LogP contribution in [0, 0.1) is 12.8 Å². The number of nitrogens with one attached hydrogen (secondary N) is 1. The number of anilines is 1. The molecule has 6 heteroatoms. The first-order valence-electron chi connectivity index (χ1n) is 5.53. The van der Waals surface area contributed by atoms with Gasteiger partial charge in [-0.05, 0) is 24.5 Å².